The molecule has 0 saturated heterocycles. The molecule has 0 unspecified atom stereocenters. The van der Waals surface area contributed by atoms with E-state index in [1.165, 1.54) is 12.1 Å². The molecule has 0 bridgehead atoms. The molecule has 2 aromatic rings. The van der Waals surface area contributed by atoms with Crippen molar-refractivity contribution >= 4 is 19.9 Å². The second-order valence-electron chi connectivity index (χ2n) is 3.88. The molecule has 3 N–H and O–H groups in total. The summed E-state index contributed by atoms with van der Waals surface area (Å²) in [6.07, 6.45) is 0. The SMILES string of the molecule is COc1ccc(B([O-])O)cc1.OB(O)Oc1ccccc1.[K+]. The normalized spacial score (nSPS) is 8.77. The van der Waals surface area contributed by atoms with Crippen LogP contribution in [0.4, 0.5) is 0 Å². The summed E-state index contributed by atoms with van der Waals surface area (Å²) in [4.78, 5) is 0. The molecule has 0 radical (unpaired) electrons. The van der Waals surface area contributed by atoms with Gasteiger partial charge >= 0.3 is 58.7 Å². The number of ether oxygens (including phenoxy) is 1. The smallest absolute Gasteiger partial charge is 0.853 e. The van der Waals surface area contributed by atoms with Crippen molar-refractivity contribution in [2.75, 3.05) is 7.11 Å². The number of benzene rings is 2. The summed E-state index contributed by atoms with van der Waals surface area (Å²) in [6, 6.07) is 14.9. The van der Waals surface area contributed by atoms with Gasteiger partial charge in [0.15, 0.2) is 0 Å². The molecule has 0 aliphatic heterocycles. The van der Waals surface area contributed by atoms with E-state index in [1.807, 2.05) is 6.07 Å². The standard InChI is InChI=1S/C7H8BO3.C6H7BO3.K/c1-11-7-4-2-6(3-5-7)8(9)10;8-7(9)10-6-4-2-1-3-5-6;/h2-5,9H,1H3;1-5,8-9H;/q-1;;+1. The van der Waals surface area contributed by atoms with E-state index < -0.39 is 14.4 Å². The van der Waals surface area contributed by atoms with Crippen molar-refractivity contribution in [1.82, 2.24) is 0 Å². The first-order valence-electron chi connectivity index (χ1n) is 6.08. The fourth-order valence-corrected chi connectivity index (χ4v) is 1.39. The van der Waals surface area contributed by atoms with Crippen molar-refractivity contribution in [3.05, 3.63) is 54.6 Å². The largest absolute Gasteiger partial charge is 1.00 e. The van der Waals surface area contributed by atoms with E-state index in [1.54, 1.807) is 43.5 Å². The minimum atomic E-state index is -1.73. The Morgan fingerprint density at radius 1 is 0.864 bits per heavy atom. The van der Waals surface area contributed by atoms with Gasteiger partial charge in [0.2, 0.25) is 7.12 Å². The van der Waals surface area contributed by atoms with E-state index in [2.05, 4.69) is 4.65 Å². The van der Waals surface area contributed by atoms with Crippen LogP contribution in [0.25, 0.3) is 0 Å². The second kappa shape index (κ2) is 12.1. The first kappa shape index (κ1) is 21.6. The molecule has 0 atom stereocenters. The molecule has 110 valence electrons. The van der Waals surface area contributed by atoms with Crippen molar-refractivity contribution in [3.63, 3.8) is 0 Å². The Hall–Kier alpha value is -0.354. The predicted molar refractivity (Wildman–Crippen MR) is 77.9 cm³/mol. The van der Waals surface area contributed by atoms with Gasteiger partial charge in [-0.2, -0.15) is 0 Å². The molecule has 9 heteroatoms. The predicted octanol–water partition coefficient (Wildman–Crippen LogP) is -4.22. The zero-order valence-electron chi connectivity index (χ0n) is 12.4. The van der Waals surface area contributed by atoms with Crippen molar-refractivity contribution < 1.29 is 80.9 Å². The molecule has 6 nitrogen and oxygen atoms in total. The number of hydrogen-bond acceptors (Lipinski definition) is 6. The van der Waals surface area contributed by atoms with Crippen molar-refractivity contribution in [2.24, 2.45) is 0 Å². The molecule has 0 aliphatic rings. The van der Waals surface area contributed by atoms with Crippen LogP contribution in [0.2, 0.25) is 0 Å². The van der Waals surface area contributed by atoms with E-state index >= 15 is 0 Å². The number of rotatable bonds is 4. The van der Waals surface area contributed by atoms with Crippen LogP contribution in [0.5, 0.6) is 11.5 Å². The minimum absolute atomic E-state index is 0. The van der Waals surface area contributed by atoms with Gasteiger partial charge < -0.3 is 29.5 Å². The van der Waals surface area contributed by atoms with Crippen molar-refractivity contribution in [1.29, 1.82) is 0 Å². The van der Waals surface area contributed by atoms with Crippen LogP contribution in [-0.4, -0.2) is 36.6 Å². The summed E-state index contributed by atoms with van der Waals surface area (Å²) in [5.74, 6) is 1.12. The second-order valence-corrected chi connectivity index (χ2v) is 3.88. The summed E-state index contributed by atoms with van der Waals surface area (Å²) in [5.41, 5.74) is 0.353. The molecule has 0 aromatic heterocycles. The van der Waals surface area contributed by atoms with Crippen LogP contribution in [-0.2, 0) is 0 Å². The summed E-state index contributed by atoms with van der Waals surface area (Å²) >= 11 is 0. The van der Waals surface area contributed by atoms with Gasteiger partial charge in [0, 0.05) is 0 Å². The van der Waals surface area contributed by atoms with Crippen molar-refractivity contribution in [3.8, 4) is 11.5 Å². The molecule has 0 fully saturated rings. The Morgan fingerprint density at radius 2 is 1.41 bits per heavy atom. The van der Waals surface area contributed by atoms with Crippen LogP contribution >= 0.6 is 0 Å². The fraction of sp³-hybridized carbons (Fsp3) is 0.0769. The summed E-state index contributed by atoms with van der Waals surface area (Å²) in [5, 5.41) is 35.7. The first-order valence-corrected chi connectivity index (χ1v) is 6.08. The minimum Gasteiger partial charge on any atom is -0.853 e. The van der Waals surface area contributed by atoms with Crippen LogP contribution in [0.15, 0.2) is 54.6 Å². The summed E-state index contributed by atoms with van der Waals surface area (Å²) in [7, 11) is -1.84. The Bertz CT molecular complexity index is 510. The molecular weight excluding hydrogens is 313 g/mol. The Balaban J connectivity index is 0.000000385. The first-order chi connectivity index (χ1) is 10.0. The van der Waals surface area contributed by atoms with Crippen LogP contribution < -0.4 is 71.3 Å². The molecule has 0 amide bonds. The zero-order chi connectivity index (χ0) is 15.7. The van der Waals surface area contributed by atoms with Gasteiger partial charge in [0.1, 0.15) is 11.5 Å². The zero-order valence-corrected chi connectivity index (χ0v) is 15.5. The van der Waals surface area contributed by atoms with Crippen LogP contribution in [0.3, 0.4) is 0 Å². The van der Waals surface area contributed by atoms with Crippen LogP contribution in [0.1, 0.15) is 0 Å². The molecule has 22 heavy (non-hydrogen) atoms. The van der Waals surface area contributed by atoms with E-state index in [4.69, 9.17) is 19.8 Å². The molecule has 2 aromatic carbocycles. The van der Waals surface area contributed by atoms with Gasteiger partial charge in [-0.3, -0.25) is 0 Å². The van der Waals surface area contributed by atoms with Gasteiger partial charge in [0.05, 0.1) is 7.11 Å². The average Bonchev–Trinajstić information content (AvgIpc) is 2.48. The number of methoxy groups -OCH3 is 1. The maximum atomic E-state index is 10.4. The van der Waals surface area contributed by atoms with Gasteiger partial charge in [-0.25, -0.2) is 0 Å². The Kier molecular flexibility index (Phi) is 11.9. The molecule has 0 heterocycles. The maximum Gasteiger partial charge on any atom is 1.00 e. The average molecular weight is 328 g/mol. The van der Waals surface area contributed by atoms with Gasteiger partial charge in [-0.15, -0.1) is 0 Å². The Labute approximate surface area is 172 Å². The number of para-hydroxylation sites is 1. The van der Waals surface area contributed by atoms with Gasteiger partial charge in [-0.05, 0) is 24.3 Å². The summed E-state index contributed by atoms with van der Waals surface area (Å²) in [6.45, 7) is 0. The Morgan fingerprint density at radius 3 is 1.82 bits per heavy atom. The monoisotopic (exact) mass is 328 g/mol. The third-order valence-corrected chi connectivity index (χ3v) is 2.39. The van der Waals surface area contributed by atoms with E-state index in [-0.39, 0.29) is 51.4 Å². The fourth-order valence-electron chi connectivity index (χ4n) is 1.39. The van der Waals surface area contributed by atoms with Gasteiger partial charge in [-0.1, -0.05) is 35.8 Å². The number of hydrogen-bond donors (Lipinski definition) is 3. The van der Waals surface area contributed by atoms with E-state index in [9.17, 15) is 5.02 Å². The van der Waals surface area contributed by atoms with E-state index in [0.29, 0.717) is 17.0 Å². The maximum absolute atomic E-state index is 10.4. The van der Waals surface area contributed by atoms with Crippen molar-refractivity contribution in [2.45, 2.75) is 0 Å². The van der Waals surface area contributed by atoms with Crippen LogP contribution in [0, 0.1) is 0 Å². The quantitative estimate of drug-likeness (QED) is 0.492. The summed E-state index contributed by atoms with van der Waals surface area (Å²) < 4.78 is 9.39. The molecule has 0 saturated carbocycles. The third kappa shape index (κ3) is 8.94. The van der Waals surface area contributed by atoms with Gasteiger partial charge in [0.25, 0.3) is 0 Å². The molecule has 0 aliphatic carbocycles. The molecule has 2 rings (SSSR count). The third-order valence-electron chi connectivity index (χ3n) is 2.39. The molecule has 0 spiro atoms. The topological polar surface area (TPSA) is 102 Å². The van der Waals surface area contributed by atoms with E-state index in [0.717, 1.165) is 0 Å². The molecular formula is C13H15B2KO6.